The number of nitrogens with zero attached hydrogens (tertiary/aromatic N) is 2. The van der Waals surface area contributed by atoms with Gasteiger partial charge in [-0.2, -0.15) is 0 Å². The minimum atomic E-state index is 0.0559. The Morgan fingerprint density at radius 1 is 0.882 bits per heavy atom. The summed E-state index contributed by atoms with van der Waals surface area (Å²) in [5.74, 6) is 1.09. The zero-order valence-corrected chi connectivity index (χ0v) is 19.7. The third-order valence-corrected chi connectivity index (χ3v) is 6.96. The molecule has 34 heavy (non-hydrogen) atoms. The van der Waals surface area contributed by atoms with Crippen LogP contribution < -0.4 is 15.0 Å². The Labute approximate surface area is 202 Å². The van der Waals surface area contributed by atoms with Gasteiger partial charge in [0.15, 0.2) is 0 Å². The molecule has 3 aromatic carbocycles. The molecule has 3 aromatic rings. The van der Waals surface area contributed by atoms with E-state index in [0.717, 1.165) is 63.5 Å². The average molecular weight is 456 g/mol. The Bertz CT molecular complexity index is 1080. The van der Waals surface area contributed by atoms with Gasteiger partial charge < -0.3 is 15.0 Å². The van der Waals surface area contributed by atoms with Crippen molar-refractivity contribution < 1.29 is 9.53 Å². The lowest BCUT2D eigenvalue weighted by atomic mass is 10.0. The number of hydrogen-bond donors (Lipinski definition) is 1. The number of piperidine rings is 1. The first-order valence-electron chi connectivity index (χ1n) is 12.4. The van der Waals surface area contributed by atoms with Crippen LogP contribution in [0.15, 0.2) is 78.9 Å². The smallest absolute Gasteiger partial charge is 0.224 e. The van der Waals surface area contributed by atoms with Crippen LogP contribution in [0.25, 0.3) is 0 Å². The molecule has 0 unspecified atom stereocenters. The molecule has 0 spiro atoms. The van der Waals surface area contributed by atoms with Crippen LogP contribution in [0.5, 0.6) is 5.75 Å². The molecule has 2 aliphatic heterocycles. The second-order valence-corrected chi connectivity index (χ2v) is 9.23. The Morgan fingerprint density at radius 2 is 1.62 bits per heavy atom. The maximum atomic E-state index is 12.3. The maximum Gasteiger partial charge on any atom is 0.224 e. The molecule has 1 fully saturated rings. The summed E-state index contributed by atoms with van der Waals surface area (Å²) in [4.78, 5) is 17.4. The number of fused-ring (bicyclic) bond motifs is 1. The fourth-order valence-electron chi connectivity index (χ4n) is 5.03. The van der Waals surface area contributed by atoms with Crippen molar-refractivity contribution in [2.24, 2.45) is 0 Å². The fourth-order valence-corrected chi connectivity index (χ4v) is 5.03. The van der Waals surface area contributed by atoms with Gasteiger partial charge in [0.2, 0.25) is 5.91 Å². The van der Waals surface area contributed by atoms with Gasteiger partial charge in [-0.05, 0) is 55.2 Å². The lowest BCUT2D eigenvalue weighted by Gasteiger charge is -2.39. The van der Waals surface area contributed by atoms with Crippen LogP contribution in [-0.4, -0.2) is 43.1 Å². The number of carbonyl (C=O) groups is 1. The van der Waals surface area contributed by atoms with Gasteiger partial charge in [0.05, 0.1) is 0 Å². The van der Waals surface area contributed by atoms with E-state index in [-0.39, 0.29) is 5.91 Å². The lowest BCUT2D eigenvalue weighted by Crippen LogP contribution is -2.45. The molecule has 1 amide bonds. The molecule has 0 aromatic heterocycles. The van der Waals surface area contributed by atoms with Crippen LogP contribution in [0.3, 0.4) is 0 Å². The highest BCUT2D eigenvalue weighted by Crippen LogP contribution is 2.28. The highest BCUT2D eigenvalue weighted by Gasteiger charge is 2.27. The van der Waals surface area contributed by atoms with E-state index in [1.807, 2.05) is 30.3 Å². The second kappa shape index (κ2) is 10.7. The minimum Gasteiger partial charge on any atom is -0.492 e. The number of aryl methyl sites for hydroxylation is 1. The number of ether oxygens (including phenoxy) is 1. The highest BCUT2D eigenvalue weighted by molar-refractivity contribution is 5.91. The molecule has 0 bridgehead atoms. The van der Waals surface area contributed by atoms with Gasteiger partial charge in [-0.25, -0.2) is 0 Å². The summed E-state index contributed by atoms with van der Waals surface area (Å²) >= 11 is 0. The second-order valence-electron chi connectivity index (χ2n) is 9.23. The minimum absolute atomic E-state index is 0.0559. The van der Waals surface area contributed by atoms with Gasteiger partial charge >= 0.3 is 0 Å². The monoisotopic (exact) mass is 455 g/mol. The first-order valence-corrected chi connectivity index (χ1v) is 12.4. The molecule has 0 radical (unpaired) electrons. The number of anilines is 2. The molecule has 5 heteroatoms. The van der Waals surface area contributed by atoms with Crippen molar-refractivity contribution in [3.63, 3.8) is 0 Å². The third kappa shape index (κ3) is 5.60. The summed E-state index contributed by atoms with van der Waals surface area (Å²) < 4.78 is 5.95. The largest absolute Gasteiger partial charge is 0.492 e. The first kappa shape index (κ1) is 22.5. The van der Waals surface area contributed by atoms with Crippen molar-refractivity contribution >= 4 is 17.3 Å². The molecule has 0 atom stereocenters. The van der Waals surface area contributed by atoms with Crippen molar-refractivity contribution in [3.05, 3.63) is 90.0 Å². The van der Waals surface area contributed by atoms with E-state index in [4.69, 9.17) is 4.74 Å². The Kier molecular flexibility index (Phi) is 7.10. The van der Waals surface area contributed by atoms with Crippen molar-refractivity contribution in [1.29, 1.82) is 0 Å². The molecule has 0 saturated carbocycles. The SMILES string of the molecule is O=C(CCc1ccccc1)Nc1ccc(N2CCC(N3CCOc4ccccc4C3)CC2)cc1. The van der Waals surface area contributed by atoms with Crippen molar-refractivity contribution in [2.75, 3.05) is 36.5 Å². The van der Waals surface area contributed by atoms with Gasteiger partial charge in [-0.3, -0.25) is 9.69 Å². The highest BCUT2D eigenvalue weighted by atomic mass is 16.5. The Hall–Kier alpha value is -3.31. The summed E-state index contributed by atoms with van der Waals surface area (Å²) in [7, 11) is 0. The zero-order chi connectivity index (χ0) is 23.2. The number of amides is 1. The summed E-state index contributed by atoms with van der Waals surface area (Å²) in [5.41, 5.74) is 4.57. The average Bonchev–Trinajstić information content (AvgIpc) is 3.11. The summed E-state index contributed by atoms with van der Waals surface area (Å²) in [6.45, 7) is 4.81. The van der Waals surface area contributed by atoms with Gasteiger partial charge in [0, 0.05) is 55.6 Å². The lowest BCUT2D eigenvalue weighted by molar-refractivity contribution is -0.116. The molecule has 176 valence electrons. The van der Waals surface area contributed by atoms with Gasteiger partial charge in [-0.15, -0.1) is 0 Å². The summed E-state index contributed by atoms with van der Waals surface area (Å²) in [6.07, 6.45) is 3.56. The van der Waals surface area contributed by atoms with E-state index in [1.54, 1.807) is 0 Å². The number of hydrogen-bond acceptors (Lipinski definition) is 4. The number of benzene rings is 3. The van der Waals surface area contributed by atoms with Crippen LogP contribution in [-0.2, 0) is 17.8 Å². The van der Waals surface area contributed by atoms with Gasteiger partial charge in [-0.1, -0.05) is 48.5 Å². The number of nitrogens with one attached hydrogen (secondary N) is 1. The van der Waals surface area contributed by atoms with Crippen LogP contribution in [0.2, 0.25) is 0 Å². The standard InChI is InChI=1S/C29H33N3O2/c33-29(15-10-23-6-2-1-3-7-23)30-25-11-13-26(14-12-25)31-18-16-27(17-19-31)32-20-21-34-28-9-5-4-8-24(28)22-32/h1-9,11-14,27H,10,15-22H2,(H,30,33). The van der Waals surface area contributed by atoms with E-state index in [0.29, 0.717) is 12.5 Å². The van der Waals surface area contributed by atoms with Gasteiger partial charge in [0.1, 0.15) is 12.4 Å². The molecule has 2 aliphatic rings. The molecule has 1 N–H and O–H groups in total. The number of carbonyl (C=O) groups excluding carboxylic acids is 1. The molecule has 5 rings (SSSR count). The predicted octanol–water partition coefficient (Wildman–Crippen LogP) is 5.12. The number of para-hydroxylation sites is 1. The Morgan fingerprint density at radius 3 is 2.41 bits per heavy atom. The molecular weight excluding hydrogens is 422 g/mol. The van der Waals surface area contributed by atoms with E-state index in [2.05, 4.69) is 63.6 Å². The molecule has 1 saturated heterocycles. The topological polar surface area (TPSA) is 44.8 Å². The fraction of sp³-hybridized carbons (Fsp3) is 0.345. The quantitative estimate of drug-likeness (QED) is 0.560. The summed E-state index contributed by atoms with van der Waals surface area (Å²) in [6, 6.07) is 27.4. The first-order chi connectivity index (χ1) is 16.7. The van der Waals surface area contributed by atoms with Crippen molar-refractivity contribution in [1.82, 2.24) is 4.90 Å². The zero-order valence-electron chi connectivity index (χ0n) is 19.7. The number of rotatable bonds is 6. The molecule has 5 nitrogen and oxygen atoms in total. The predicted molar refractivity (Wildman–Crippen MR) is 137 cm³/mol. The summed E-state index contributed by atoms with van der Waals surface area (Å²) in [5, 5.41) is 3.03. The van der Waals surface area contributed by atoms with Gasteiger partial charge in [0.25, 0.3) is 0 Å². The van der Waals surface area contributed by atoms with Crippen LogP contribution in [0, 0.1) is 0 Å². The van der Waals surface area contributed by atoms with Crippen molar-refractivity contribution in [2.45, 2.75) is 38.3 Å². The van der Waals surface area contributed by atoms with Crippen LogP contribution in [0.1, 0.15) is 30.4 Å². The van der Waals surface area contributed by atoms with E-state index >= 15 is 0 Å². The Balaban J connectivity index is 1.10. The van der Waals surface area contributed by atoms with Crippen LogP contribution in [0.4, 0.5) is 11.4 Å². The molecular formula is C29H33N3O2. The molecule has 0 aliphatic carbocycles. The van der Waals surface area contributed by atoms with E-state index in [1.165, 1.54) is 16.8 Å². The van der Waals surface area contributed by atoms with Crippen LogP contribution >= 0.6 is 0 Å². The maximum absolute atomic E-state index is 12.3. The normalized spacial score (nSPS) is 16.9. The third-order valence-electron chi connectivity index (χ3n) is 6.96. The molecule has 2 heterocycles. The van der Waals surface area contributed by atoms with E-state index in [9.17, 15) is 4.79 Å². The van der Waals surface area contributed by atoms with Crippen molar-refractivity contribution in [3.8, 4) is 5.75 Å². The van der Waals surface area contributed by atoms with E-state index < -0.39 is 0 Å².